The fraction of sp³-hybridized carbons (Fsp3) is 1.00. The van der Waals surface area contributed by atoms with E-state index < -0.39 is 18.3 Å². The molecule has 2 rings (SSSR count). The lowest BCUT2D eigenvalue weighted by molar-refractivity contribution is -0.116. The zero-order valence-electron chi connectivity index (χ0n) is 13.5. The first-order valence-electron chi connectivity index (χ1n) is 8.93. The second kappa shape index (κ2) is 8.47. The topological polar surface area (TPSA) is 63.9 Å². The number of aliphatic hydroxyl groups is 3. The van der Waals surface area contributed by atoms with E-state index in [1.807, 2.05) is 0 Å². The molecule has 0 amide bonds. The van der Waals surface area contributed by atoms with Crippen molar-refractivity contribution in [2.75, 3.05) is 13.1 Å². The van der Waals surface area contributed by atoms with Crippen molar-refractivity contribution in [1.29, 1.82) is 0 Å². The molecule has 0 aromatic carbocycles. The molecule has 0 bridgehead atoms. The van der Waals surface area contributed by atoms with Gasteiger partial charge in [-0.3, -0.25) is 4.90 Å². The van der Waals surface area contributed by atoms with E-state index in [-0.39, 0.29) is 12.0 Å². The average molecular weight is 299 g/mol. The highest BCUT2D eigenvalue weighted by Crippen LogP contribution is 2.33. The average Bonchev–Trinajstić information content (AvgIpc) is 2.84. The van der Waals surface area contributed by atoms with Crippen molar-refractivity contribution in [3.63, 3.8) is 0 Å². The van der Waals surface area contributed by atoms with E-state index in [4.69, 9.17) is 0 Å². The molecule has 0 radical (unpaired) electrons. The molecular weight excluding hydrogens is 266 g/mol. The maximum atomic E-state index is 10.3. The van der Waals surface area contributed by atoms with Crippen LogP contribution in [0.1, 0.15) is 64.7 Å². The van der Waals surface area contributed by atoms with Crippen molar-refractivity contribution < 1.29 is 15.3 Å². The van der Waals surface area contributed by atoms with Gasteiger partial charge in [-0.15, -0.1) is 0 Å². The Kier molecular flexibility index (Phi) is 6.93. The predicted octanol–water partition coefficient (Wildman–Crippen LogP) is 1.91. The van der Waals surface area contributed by atoms with Crippen LogP contribution in [-0.2, 0) is 0 Å². The number of hydrogen-bond acceptors (Lipinski definition) is 4. The van der Waals surface area contributed by atoms with Crippen molar-refractivity contribution >= 4 is 0 Å². The fourth-order valence-corrected chi connectivity index (χ4v) is 4.03. The lowest BCUT2D eigenvalue weighted by Gasteiger charge is -2.43. The van der Waals surface area contributed by atoms with Crippen LogP contribution in [-0.4, -0.2) is 57.7 Å². The second-order valence-corrected chi connectivity index (χ2v) is 6.99. The molecule has 0 aromatic rings. The van der Waals surface area contributed by atoms with E-state index in [0.29, 0.717) is 0 Å². The summed E-state index contributed by atoms with van der Waals surface area (Å²) < 4.78 is 0. The van der Waals surface area contributed by atoms with Crippen LogP contribution in [0.3, 0.4) is 0 Å². The van der Waals surface area contributed by atoms with Gasteiger partial charge in [0, 0.05) is 19.0 Å². The fourth-order valence-electron chi connectivity index (χ4n) is 4.03. The minimum absolute atomic E-state index is 0.164. The first-order valence-corrected chi connectivity index (χ1v) is 8.93. The summed E-state index contributed by atoms with van der Waals surface area (Å²) in [6.45, 7) is 3.91. The summed E-state index contributed by atoms with van der Waals surface area (Å²) >= 11 is 0. The molecule has 4 heteroatoms. The molecule has 2 aliphatic heterocycles. The van der Waals surface area contributed by atoms with E-state index in [9.17, 15) is 15.3 Å². The van der Waals surface area contributed by atoms with E-state index >= 15 is 0 Å². The van der Waals surface area contributed by atoms with Gasteiger partial charge < -0.3 is 15.3 Å². The van der Waals surface area contributed by atoms with Crippen molar-refractivity contribution in [3.05, 3.63) is 0 Å². The minimum atomic E-state index is -0.786. The van der Waals surface area contributed by atoms with Crippen molar-refractivity contribution in [1.82, 2.24) is 4.90 Å². The van der Waals surface area contributed by atoms with Gasteiger partial charge in [-0.2, -0.15) is 0 Å². The molecular formula is C17H33NO3. The van der Waals surface area contributed by atoms with E-state index in [0.717, 1.165) is 32.4 Å². The van der Waals surface area contributed by atoms with Crippen LogP contribution in [0, 0.1) is 5.92 Å². The van der Waals surface area contributed by atoms with Gasteiger partial charge in [0.25, 0.3) is 0 Å². The Morgan fingerprint density at radius 3 is 2.29 bits per heavy atom. The maximum Gasteiger partial charge on any atom is 0.0982 e. The summed E-state index contributed by atoms with van der Waals surface area (Å²) in [7, 11) is 0. The smallest absolute Gasteiger partial charge is 0.0982 e. The summed E-state index contributed by atoms with van der Waals surface area (Å²) in [5, 5.41) is 30.4. The molecule has 0 spiro atoms. The normalized spacial score (nSPS) is 36.9. The third-order valence-electron chi connectivity index (χ3n) is 5.36. The molecule has 124 valence electrons. The molecule has 2 saturated heterocycles. The van der Waals surface area contributed by atoms with Crippen LogP contribution in [0.2, 0.25) is 0 Å². The summed E-state index contributed by atoms with van der Waals surface area (Å²) in [6.07, 6.45) is 8.73. The number of hydrogen-bond donors (Lipinski definition) is 3. The van der Waals surface area contributed by atoms with Gasteiger partial charge in [-0.25, -0.2) is 0 Å². The number of rotatable bonds is 8. The number of aliphatic hydroxyl groups excluding tert-OH is 3. The highest BCUT2D eigenvalue weighted by Gasteiger charge is 2.47. The third-order valence-corrected chi connectivity index (χ3v) is 5.36. The molecule has 0 unspecified atom stereocenters. The van der Waals surface area contributed by atoms with Crippen LogP contribution in [0.15, 0.2) is 0 Å². The minimum Gasteiger partial charge on any atom is -0.391 e. The quantitative estimate of drug-likeness (QED) is 0.599. The first-order chi connectivity index (χ1) is 10.1. The molecule has 4 nitrogen and oxygen atoms in total. The largest absolute Gasteiger partial charge is 0.391 e. The molecule has 3 N–H and O–H groups in total. The van der Waals surface area contributed by atoms with Gasteiger partial charge in [-0.1, -0.05) is 51.9 Å². The van der Waals surface area contributed by atoms with Crippen molar-refractivity contribution in [2.45, 2.75) is 89.1 Å². The zero-order valence-corrected chi connectivity index (χ0v) is 13.5. The van der Waals surface area contributed by atoms with Gasteiger partial charge in [0.2, 0.25) is 0 Å². The third kappa shape index (κ3) is 4.41. The Labute approximate surface area is 129 Å². The molecule has 21 heavy (non-hydrogen) atoms. The van der Waals surface area contributed by atoms with Crippen molar-refractivity contribution in [2.24, 2.45) is 5.92 Å². The lowest BCUT2D eigenvalue weighted by atomic mass is 9.84. The van der Waals surface area contributed by atoms with Crippen LogP contribution in [0.25, 0.3) is 0 Å². The molecule has 0 saturated carbocycles. The van der Waals surface area contributed by atoms with E-state index in [2.05, 4.69) is 11.8 Å². The Morgan fingerprint density at radius 2 is 1.57 bits per heavy atom. The Bertz CT molecular complexity index is 300. The van der Waals surface area contributed by atoms with E-state index in [1.54, 1.807) is 0 Å². The second-order valence-electron chi connectivity index (χ2n) is 6.99. The van der Waals surface area contributed by atoms with Gasteiger partial charge >= 0.3 is 0 Å². The zero-order chi connectivity index (χ0) is 15.2. The monoisotopic (exact) mass is 299 g/mol. The molecule has 2 fully saturated rings. The Hall–Kier alpha value is -0.160. The SMILES string of the molecule is CCCCCCCCC[C@H]1CN2CC[C@H](O)[C@@H]2[C@@H](O)[C@@H]1O. The molecule has 2 heterocycles. The van der Waals surface area contributed by atoms with Gasteiger partial charge in [-0.05, 0) is 12.8 Å². The Balaban J connectivity index is 1.67. The molecule has 0 aliphatic carbocycles. The predicted molar refractivity (Wildman–Crippen MR) is 84.1 cm³/mol. The highest BCUT2D eigenvalue weighted by atomic mass is 16.3. The summed E-state index contributed by atoms with van der Waals surface area (Å²) in [5.74, 6) is 0.164. The summed E-state index contributed by atoms with van der Waals surface area (Å²) in [6, 6.07) is -0.245. The van der Waals surface area contributed by atoms with Gasteiger partial charge in [0.05, 0.1) is 24.4 Å². The summed E-state index contributed by atoms with van der Waals surface area (Å²) in [4.78, 5) is 2.17. The number of fused-ring (bicyclic) bond motifs is 1. The number of piperidine rings is 1. The van der Waals surface area contributed by atoms with Gasteiger partial charge in [0.15, 0.2) is 0 Å². The van der Waals surface area contributed by atoms with Crippen molar-refractivity contribution in [3.8, 4) is 0 Å². The lowest BCUT2D eigenvalue weighted by Crippen LogP contribution is -2.59. The van der Waals surface area contributed by atoms with Crippen LogP contribution < -0.4 is 0 Å². The van der Waals surface area contributed by atoms with Gasteiger partial charge in [0.1, 0.15) is 0 Å². The van der Waals surface area contributed by atoms with Crippen LogP contribution in [0.5, 0.6) is 0 Å². The standard InChI is InChI=1S/C17H33NO3/c1-2-3-4-5-6-7-8-9-13-12-18-11-10-14(19)15(18)17(21)16(13)20/h13-17,19-21H,2-12H2,1H3/t13-,14-,15+,16+,17+/m0/s1. The Morgan fingerprint density at radius 1 is 0.905 bits per heavy atom. The van der Waals surface area contributed by atoms with Crippen LogP contribution in [0.4, 0.5) is 0 Å². The maximum absolute atomic E-state index is 10.3. The van der Waals surface area contributed by atoms with Crippen LogP contribution >= 0.6 is 0 Å². The molecule has 2 aliphatic rings. The molecule has 0 aromatic heterocycles. The number of unbranched alkanes of at least 4 members (excludes halogenated alkanes) is 6. The summed E-state index contributed by atoms with van der Waals surface area (Å²) in [5.41, 5.74) is 0. The van der Waals surface area contributed by atoms with E-state index in [1.165, 1.54) is 38.5 Å². The molecule has 5 atom stereocenters. The highest BCUT2D eigenvalue weighted by molar-refractivity contribution is 5.01. The first kappa shape index (κ1) is 17.2. The number of nitrogens with zero attached hydrogens (tertiary/aromatic N) is 1.